The number of hydrogen-bond acceptors (Lipinski definition) is 8. The molecule has 0 radical (unpaired) electrons. The molecule has 0 saturated carbocycles. The third-order valence-electron chi connectivity index (χ3n) is 9.15. The van der Waals surface area contributed by atoms with E-state index in [-0.39, 0.29) is 38.6 Å². The molecule has 2 atom stereocenters. The summed E-state index contributed by atoms with van der Waals surface area (Å²) in [6, 6.07) is 0. The second-order valence-electron chi connectivity index (χ2n) is 14.2. The van der Waals surface area contributed by atoms with Gasteiger partial charge in [-0.1, -0.05) is 174 Å². The van der Waals surface area contributed by atoms with E-state index in [0.29, 0.717) is 6.42 Å². The summed E-state index contributed by atoms with van der Waals surface area (Å²) < 4.78 is 32.7. The first kappa shape index (κ1) is 49.8. The number of phosphoric acid groups is 1. The monoisotopic (exact) mass is 746 g/mol. The number of phosphoric ester groups is 1. The predicted molar refractivity (Wildman–Crippen MR) is 211 cm³/mol. The van der Waals surface area contributed by atoms with Crippen molar-refractivity contribution in [1.29, 1.82) is 0 Å². The third-order valence-corrected chi connectivity index (χ3v) is 10.1. The number of carbonyl (C=O) groups excluding carboxylic acids is 2. The van der Waals surface area contributed by atoms with E-state index in [1.807, 2.05) is 0 Å². The van der Waals surface area contributed by atoms with E-state index in [1.165, 1.54) is 116 Å². The van der Waals surface area contributed by atoms with E-state index >= 15 is 0 Å². The standard InChI is InChI=1S/C41H80NO8P/c1-3-5-7-9-11-13-15-16-17-18-19-20-21-22-24-25-27-29-31-33-40(43)47-37-39(38-49-51(45,46)48-36-35-42)50-41(44)34-32-30-28-26-23-14-12-10-8-6-4-2/h10,12,39H,3-9,11,13-38,42H2,1-2H3,(H,45,46). The highest BCUT2D eigenvalue weighted by atomic mass is 31.2. The maximum absolute atomic E-state index is 12.5. The maximum Gasteiger partial charge on any atom is 0.472 e. The molecule has 0 aliphatic rings. The molecule has 10 heteroatoms. The molecule has 302 valence electrons. The summed E-state index contributed by atoms with van der Waals surface area (Å²) in [4.78, 5) is 34.8. The fourth-order valence-corrected chi connectivity index (χ4v) is 6.73. The predicted octanol–water partition coefficient (Wildman–Crippen LogP) is 11.8. The second-order valence-corrected chi connectivity index (χ2v) is 15.7. The van der Waals surface area contributed by atoms with Crippen molar-refractivity contribution in [3.63, 3.8) is 0 Å². The Hall–Kier alpha value is -1.25. The van der Waals surface area contributed by atoms with Crippen LogP contribution >= 0.6 is 7.82 Å². The first-order chi connectivity index (χ1) is 24.8. The van der Waals surface area contributed by atoms with Crippen molar-refractivity contribution >= 4 is 19.8 Å². The first-order valence-corrected chi connectivity index (χ1v) is 22.7. The summed E-state index contributed by atoms with van der Waals surface area (Å²) in [7, 11) is -4.37. The lowest BCUT2D eigenvalue weighted by Crippen LogP contribution is -2.29. The molecule has 51 heavy (non-hydrogen) atoms. The number of nitrogens with two attached hydrogens (primary N) is 1. The molecule has 0 amide bonds. The van der Waals surface area contributed by atoms with Crippen molar-refractivity contribution in [3.05, 3.63) is 12.2 Å². The van der Waals surface area contributed by atoms with Crippen LogP contribution in [0.15, 0.2) is 12.2 Å². The molecule has 0 aliphatic carbocycles. The Morgan fingerprint density at radius 1 is 0.569 bits per heavy atom. The van der Waals surface area contributed by atoms with Crippen molar-refractivity contribution in [2.75, 3.05) is 26.4 Å². The van der Waals surface area contributed by atoms with Gasteiger partial charge in [0.25, 0.3) is 0 Å². The van der Waals surface area contributed by atoms with Crippen molar-refractivity contribution in [2.24, 2.45) is 5.73 Å². The van der Waals surface area contributed by atoms with Gasteiger partial charge in [-0.15, -0.1) is 0 Å². The van der Waals surface area contributed by atoms with Crippen LogP contribution in [-0.4, -0.2) is 49.3 Å². The van der Waals surface area contributed by atoms with Gasteiger partial charge in [0.05, 0.1) is 13.2 Å². The van der Waals surface area contributed by atoms with E-state index in [1.54, 1.807) is 0 Å². The fourth-order valence-electron chi connectivity index (χ4n) is 5.97. The van der Waals surface area contributed by atoms with Gasteiger partial charge in [-0.05, 0) is 32.1 Å². The Labute approximate surface area is 313 Å². The molecule has 9 nitrogen and oxygen atoms in total. The van der Waals surface area contributed by atoms with Gasteiger partial charge in [-0.3, -0.25) is 18.6 Å². The molecule has 2 unspecified atom stereocenters. The molecule has 0 bridgehead atoms. The molecule has 0 aromatic heterocycles. The molecule has 0 spiro atoms. The lowest BCUT2D eigenvalue weighted by molar-refractivity contribution is -0.161. The Bertz CT molecular complexity index is 856. The molecule has 0 saturated heterocycles. The number of hydrogen-bond donors (Lipinski definition) is 2. The maximum atomic E-state index is 12.5. The minimum absolute atomic E-state index is 0.0546. The number of unbranched alkanes of at least 4 members (excludes halogenated alkanes) is 25. The number of rotatable bonds is 40. The summed E-state index contributed by atoms with van der Waals surface area (Å²) in [6.07, 6.45) is 38.2. The van der Waals surface area contributed by atoms with Crippen molar-refractivity contribution < 1.29 is 37.6 Å². The van der Waals surface area contributed by atoms with Crippen LogP contribution in [0.5, 0.6) is 0 Å². The largest absolute Gasteiger partial charge is 0.472 e. The van der Waals surface area contributed by atoms with E-state index in [9.17, 15) is 19.0 Å². The van der Waals surface area contributed by atoms with Gasteiger partial charge < -0.3 is 20.1 Å². The van der Waals surface area contributed by atoms with Crippen molar-refractivity contribution in [3.8, 4) is 0 Å². The van der Waals surface area contributed by atoms with E-state index in [4.69, 9.17) is 24.3 Å². The Morgan fingerprint density at radius 3 is 1.45 bits per heavy atom. The highest BCUT2D eigenvalue weighted by molar-refractivity contribution is 7.47. The molecule has 0 aromatic rings. The molecule has 3 N–H and O–H groups in total. The van der Waals surface area contributed by atoms with Gasteiger partial charge in [0.1, 0.15) is 6.61 Å². The first-order valence-electron chi connectivity index (χ1n) is 21.2. The van der Waals surface area contributed by atoms with Crippen LogP contribution in [0.1, 0.15) is 206 Å². The zero-order valence-corrected chi connectivity index (χ0v) is 34.0. The zero-order valence-electron chi connectivity index (χ0n) is 33.1. The van der Waals surface area contributed by atoms with Crippen molar-refractivity contribution in [1.82, 2.24) is 0 Å². The Kier molecular flexibility index (Phi) is 37.5. The average Bonchev–Trinajstić information content (AvgIpc) is 3.11. The lowest BCUT2D eigenvalue weighted by Gasteiger charge is -2.19. The number of ether oxygens (including phenoxy) is 2. The average molecular weight is 746 g/mol. The summed E-state index contributed by atoms with van der Waals surface area (Å²) in [5.41, 5.74) is 5.34. The lowest BCUT2D eigenvalue weighted by atomic mass is 10.0. The van der Waals surface area contributed by atoms with Crippen LogP contribution in [0.25, 0.3) is 0 Å². The van der Waals surface area contributed by atoms with Crippen LogP contribution in [0.2, 0.25) is 0 Å². The molecule has 0 fully saturated rings. The second kappa shape index (κ2) is 38.5. The third kappa shape index (κ3) is 38.3. The molecular formula is C41H80NO8P. The van der Waals surface area contributed by atoms with E-state index in [2.05, 4.69) is 26.0 Å². The minimum atomic E-state index is -4.37. The minimum Gasteiger partial charge on any atom is -0.462 e. The summed E-state index contributed by atoms with van der Waals surface area (Å²) in [5.74, 6) is -0.831. The van der Waals surface area contributed by atoms with Gasteiger partial charge in [0, 0.05) is 19.4 Å². The highest BCUT2D eigenvalue weighted by Gasteiger charge is 2.26. The van der Waals surface area contributed by atoms with E-state index < -0.39 is 26.5 Å². The highest BCUT2D eigenvalue weighted by Crippen LogP contribution is 2.43. The summed E-state index contributed by atoms with van der Waals surface area (Å²) >= 11 is 0. The molecule has 0 heterocycles. The number of allylic oxidation sites excluding steroid dienone is 2. The van der Waals surface area contributed by atoms with Crippen LogP contribution in [0, 0.1) is 0 Å². The normalized spacial score (nSPS) is 13.4. The molecule has 0 aliphatic heterocycles. The number of carbonyl (C=O) groups is 2. The fraction of sp³-hybridized carbons (Fsp3) is 0.902. The van der Waals surface area contributed by atoms with Gasteiger partial charge in [0.2, 0.25) is 0 Å². The number of esters is 2. The van der Waals surface area contributed by atoms with Crippen LogP contribution < -0.4 is 5.73 Å². The Balaban J connectivity index is 4.07. The summed E-state index contributed by atoms with van der Waals surface area (Å²) in [5, 5.41) is 0. The summed E-state index contributed by atoms with van der Waals surface area (Å²) in [6.45, 7) is 3.70. The molecule has 0 rings (SSSR count). The van der Waals surface area contributed by atoms with Gasteiger partial charge in [0.15, 0.2) is 6.10 Å². The van der Waals surface area contributed by atoms with E-state index in [0.717, 1.165) is 57.8 Å². The van der Waals surface area contributed by atoms with Gasteiger partial charge in [-0.25, -0.2) is 4.57 Å². The topological polar surface area (TPSA) is 134 Å². The van der Waals surface area contributed by atoms with Crippen LogP contribution in [0.4, 0.5) is 0 Å². The molecular weight excluding hydrogens is 665 g/mol. The zero-order chi connectivity index (χ0) is 37.5. The molecule has 0 aromatic carbocycles. The van der Waals surface area contributed by atoms with Gasteiger partial charge in [-0.2, -0.15) is 0 Å². The smallest absolute Gasteiger partial charge is 0.462 e. The van der Waals surface area contributed by atoms with Crippen LogP contribution in [0.3, 0.4) is 0 Å². The quantitative estimate of drug-likeness (QED) is 0.0272. The van der Waals surface area contributed by atoms with Crippen molar-refractivity contribution in [2.45, 2.75) is 213 Å². The SMILES string of the molecule is CCCCC=CCCCCCCCC(=O)OC(COC(=O)CCCCCCCCCCCCCCCCCCCCC)COP(=O)(O)OCCN. The van der Waals surface area contributed by atoms with Gasteiger partial charge >= 0.3 is 19.8 Å². The van der Waals surface area contributed by atoms with Crippen LogP contribution in [-0.2, 0) is 32.7 Å². The Morgan fingerprint density at radius 2 is 0.980 bits per heavy atom.